The van der Waals surface area contributed by atoms with E-state index in [0.717, 1.165) is 12.8 Å². The number of hydrogen-bond donors (Lipinski definition) is 3. The lowest BCUT2D eigenvalue weighted by molar-refractivity contribution is -0.121. The third-order valence-corrected chi connectivity index (χ3v) is 3.14. The molecular formula is C14H20N4O2. The first-order valence-electron chi connectivity index (χ1n) is 6.90. The number of aromatic nitrogens is 1. The quantitative estimate of drug-likeness (QED) is 0.646. The van der Waals surface area contributed by atoms with Gasteiger partial charge in [-0.05, 0) is 25.3 Å². The topological polar surface area (TPSA) is 83.1 Å². The average molecular weight is 276 g/mol. The molecule has 0 aliphatic heterocycles. The molecule has 1 aliphatic carbocycles. The van der Waals surface area contributed by atoms with Gasteiger partial charge in [0.15, 0.2) is 0 Å². The first-order chi connectivity index (χ1) is 9.70. The Morgan fingerprint density at radius 1 is 1.40 bits per heavy atom. The molecule has 2 rings (SSSR count). The highest BCUT2D eigenvalue weighted by molar-refractivity contribution is 5.99. The Morgan fingerprint density at radius 3 is 2.90 bits per heavy atom. The van der Waals surface area contributed by atoms with Crippen LogP contribution in [0.15, 0.2) is 18.5 Å². The van der Waals surface area contributed by atoms with E-state index in [2.05, 4.69) is 20.9 Å². The molecule has 6 heteroatoms. The lowest BCUT2D eigenvalue weighted by Crippen LogP contribution is -2.28. The summed E-state index contributed by atoms with van der Waals surface area (Å²) in [5.74, 6) is -0.0825. The fourth-order valence-electron chi connectivity index (χ4n) is 1.87. The Kier molecular flexibility index (Phi) is 4.92. The Morgan fingerprint density at radius 2 is 2.20 bits per heavy atom. The minimum Gasteiger partial charge on any atom is -0.386 e. The summed E-state index contributed by atoms with van der Waals surface area (Å²) in [5.41, 5.74) is 1.25. The molecule has 108 valence electrons. The van der Waals surface area contributed by atoms with Crippen LogP contribution in [0.25, 0.3) is 0 Å². The third kappa shape index (κ3) is 4.22. The maximum atomic E-state index is 12.0. The van der Waals surface area contributed by atoms with E-state index in [-0.39, 0.29) is 11.8 Å². The molecule has 1 aromatic rings. The van der Waals surface area contributed by atoms with Gasteiger partial charge in [0.1, 0.15) is 0 Å². The molecular weight excluding hydrogens is 256 g/mol. The molecule has 0 aromatic carbocycles. The highest BCUT2D eigenvalue weighted by atomic mass is 16.2. The highest BCUT2D eigenvalue weighted by Gasteiger charge is 2.22. The van der Waals surface area contributed by atoms with Crippen LogP contribution in [0, 0.1) is 0 Å². The van der Waals surface area contributed by atoms with Crippen LogP contribution in [0.3, 0.4) is 0 Å². The predicted octanol–water partition coefficient (Wildman–Crippen LogP) is 0.912. The van der Waals surface area contributed by atoms with Crippen LogP contribution >= 0.6 is 0 Å². The Bertz CT molecular complexity index is 486. The van der Waals surface area contributed by atoms with Gasteiger partial charge in [-0.15, -0.1) is 0 Å². The molecule has 3 N–H and O–H groups in total. The molecule has 0 atom stereocenters. The van der Waals surface area contributed by atoms with Crippen molar-refractivity contribution < 1.29 is 9.59 Å². The van der Waals surface area contributed by atoms with Gasteiger partial charge in [-0.1, -0.05) is 0 Å². The summed E-state index contributed by atoms with van der Waals surface area (Å²) in [7, 11) is 1.75. The van der Waals surface area contributed by atoms with E-state index < -0.39 is 0 Å². The van der Waals surface area contributed by atoms with Crippen LogP contribution in [-0.2, 0) is 4.79 Å². The van der Waals surface area contributed by atoms with Gasteiger partial charge in [-0.3, -0.25) is 14.6 Å². The zero-order valence-electron chi connectivity index (χ0n) is 11.6. The van der Waals surface area contributed by atoms with E-state index in [9.17, 15) is 9.59 Å². The maximum Gasteiger partial charge on any atom is 0.253 e. The second-order valence-corrected chi connectivity index (χ2v) is 4.87. The second kappa shape index (κ2) is 6.88. The van der Waals surface area contributed by atoms with Gasteiger partial charge >= 0.3 is 0 Å². The van der Waals surface area contributed by atoms with Gasteiger partial charge in [0.2, 0.25) is 5.91 Å². The molecule has 1 heterocycles. The SMILES string of the molecule is CNc1cnccc1C(=O)NCCCC(=O)NC1CC1. The second-order valence-electron chi connectivity index (χ2n) is 4.87. The van der Waals surface area contributed by atoms with Crippen LogP contribution in [0.1, 0.15) is 36.0 Å². The van der Waals surface area contributed by atoms with Crippen molar-refractivity contribution in [2.45, 2.75) is 31.7 Å². The van der Waals surface area contributed by atoms with E-state index in [1.54, 1.807) is 25.5 Å². The normalized spacial score (nSPS) is 13.7. The Hall–Kier alpha value is -2.11. The molecule has 0 radical (unpaired) electrons. The molecule has 2 amide bonds. The summed E-state index contributed by atoms with van der Waals surface area (Å²) < 4.78 is 0. The van der Waals surface area contributed by atoms with Gasteiger partial charge in [0.05, 0.1) is 17.4 Å². The van der Waals surface area contributed by atoms with Gasteiger partial charge in [0.25, 0.3) is 5.91 Å². The highest BCUT2D eigenvalue weighted by Crippen LogP contribution is 2.18. The number of rotatable bonds is 7. The number of carbonyl (C=O) groups excluding carboxylic acids is 2. The smallest absolute Gasteiger partial charge is 0.253 e. The number of amides is 2. The minimum absolute atomic E-state index is 0.0709. The van der Waals surface area contributed by atoms with Gasteiger partial charge < -0.3 is 16.0 Å². The molecule has 0 bridgehead atoms. The number of nitrogens with zero attached hydrogens (tertiary/aromatic N) is 1. The summed E-state index contributed by atoms with van der Waals surface area (Å²) in [6.07, 6.45) is 6.47. The maximum absolute atomic E-state index is 12.0. The van der Waals surface area contributed by atoms with Gasteiger partial charge in [-0.2, -0.15) is 0 Å². The van der Waals surface area contributed by atoms with Crippen LogP contribution in [0.5, 0.6) is 0 Å². The molecule has 1 aromatic heterocycles. The lowest BCUT2D eigenvalue weighted by atomic mass is 10.2. The number of nitrogens with one attached hydrogen (secondary N) is 3. The Balaban J connectivity index is 1.70. The fourth-order valence-corrected chi connectivity index (χ4v) is 1.87. The van der Waals surface area contributed by atoms with E-state index in [1.165, 1.54) is 0 Å². The zero-order valence-corrected chi connectivity index (χ0v) is 11.6. The van der Waals surface area contributed by atoms with Crippen LogP contribution in [-0.4, -0.2) is 36.4 Å². The zero-order chi connectivity index (χ0) is 14.4. The summed E-state index contributed by atoms with van der Waals surface area (Å²) in [5, 5.41) is 8.66. The summed E-state index contributed by atoms with van der Waals surface area (Å²) in [4.78, 5) is 27.4. The first-order valence-corrected chi connectivity index (χ1v) is 6.90. The molecule has 20 heavy (non-hydrogen) atoms. The van der Waals surface area contributed by atoms with Gasteiger partial charge in [-0.25, -0.2) is 0 Å². The number of pyridine rings is 1. The van der Waals surface area contributed by atoms with Crippen molar-refractivity contribution in [3.63, 3.8) is 0 Å². The number of carbonyl (C=O) groups is 2. The van der Waals surface area contributed by atoms with Gasteiger partial charge in [0, 0.05) is 32.3 Å². The van der Waals surface area contributed by atoms with E-state index in [1.807, 2.05) is 0 Å². The molecule has 0 saturated heterocycles. The molecule has 1 fully saturated rings. The van der Waals surface area contributed by atoms with Crippen molar-refractivity contribution in [3.8, 4) is 0 Å². The molecule has 6 nitrogen and oxygen atoms in total. The van der Waals surface area contributed by atoms with Crippen LogP contribution < -0.4 is 16.0 Å². The van der Waals surface area contributed by atoms with Crippen molar-refractivity contribution >= 4 is 17.5 Å². The molecule has 1 saturated carbocycles. The average Bonchev–Trinajstić information content (AvgIpc) is 3.27. The largest absolute Gasteiger partial charge is 0.386 e. The minimum atomic E-state index is -0.153. The number of anilines is 1. The van der Waals surface area contributed by atoms with E-state index >= 15 is 0 Å². The number of hydrogen-bond acceptors (Lipinski definition) is 4. The van der Waals surface area contributed by atoms with E-state index in [0.29, 0.717) is 36.7 Å². The predicted molar refractivity (Wildman–Crippen MR) is 76.5 cm³/mol. The third-order valence-electron chi connectivity index (χ3n) is 3.14. The Labute approximate surface area is 118 Å². The molecule has 1 aliphatic rings. The van der Waals surface area contributed by atoms with Crippen molar-refractivity contribution in [1.29, 1.82) is 0 Å². The van der Waals surface area contributed by atoms with Crippen molar-refractivity contribution in [2.24, 2.45) is 0 Å². The molecule has 0 unspecified atom stereocenters. The monoisotopic (exact) mass is 276 g/mol. The lowest BCUT2D eigenvalue weighted by Gasteiger charge is -2.09. The van der Waals surface area contributed by atoms with Crippen LogP contribution in [0.4, 0.5) is 5.69 Å². The molecule has 0 spiro atoms. The summed E-state index contributed by atoms with van der Waals surface area (Å²) >= 11 is 0. The van der Waals surface area contributed by atoms with Crippen molar-refractivity contribution in [3.05, 3.63) is 24.0 Å². The fraction of sp³-hybridized carbons (Fsp3) is 0.500. The van der Waals surface area contributed by atoms with Crippen LogP contribution in [0.2, 0.25) is 0 Å². The first kappa shape index (κ1) is 14.3. The standard InChI is InChI=1S/C14H20N4O2/c1-15-12-9-16-8-6-11(12)14(20)17-7-2-3-13(19)18-10-4-5-10/h6,8-10,15H,2-5,7H2,1H3,(H,17,20)(H,18,19). The van der Waals surface area contributed by atoms with Crippen molar-refractivity contribution in [1.82, 2.24) is 15.6 Å². The summed E-state index contributed by atoms with van der Waals surface area (Å²) in [6.45, 7) is 0.488. The van der Waals surface area contributed by atoms with Crippen molar-refractivity contribution in [2.75, 3.05) is 18.9 Å². The van der Waals surface area contributed by atoms with E-state index in [4.69, 9.17) is 0 Å². The summed E-state index contributed by atoms with van der Waals surface area (Å²) in [6, 6.07) is 2.06.